The molecule has 8 heteroatoms. The molecular formula is C21H16N6O2. The van der Waals surface area contributed by atoms with Crippen LogP contribution in [-0.4, -0.2) is 36.6 Å². The average molecular weight is 384 g/mol. The van der Waals surface area contributed by atoms with Crippen molar-refractivity contribution in [3.63, 3.8) is 0 Å². The maximum atomic E-state index is 12.9. The van der Waals surface area contributed by atoms with Gasteiger partial charge in [-0.2, -0.15) is 5.21 Å². The summed E-state index contributed by atoms with van der Waals surface area (Å²) in [6.07, 6.45) is 2.42. The summed E-state index contributed by atoms with van der Waals surface area (Å²) in [6.45, 7) is 0. The second kappa shape index (κ2) is 6.75. The zero-order valence-corrected chi connectivity index (χ0v) is 15.2. The smallest absolute Gasteiger partial charge is 0.256 e. The highest BCUT2D eigenvalue weighted by atomic mass is 16.3. The van der Waals surface area contributed by atoms with Crippen LogP contribution in [0.3, 0.4) is 0 Å². The van der Waals surface area contributed by atoms with E-state index < -0.39 is 0 Å². The number of benzene rings is 3. The van der Waals surface area contributed by atoms with Crippen molar-refractivity contribution in [2.24, 2.45) is 0 Å². The fourth-order valence-corrected chi connectivity index (χ4v) is 3.54. The first-order chi connectivity index (χ1) is 14.2. The van der Waals surface area contributed by atoms with Gasteiger partial charge in [-0.25, -0.2) is 0 Å². The monoisotopic (exact) mass is 384 g/mol. The highest BCUT2D eigenvalue weighted by molar-refractivity contribution is 6.14. The van der Waals surface area contributed by atoms with E-state index >= 15 is 0 Å². The van der Waals surface area contributed by atoms with Gasteiger partial charge in [0.2, 0.25) is 0 Å². The van der Waals surface area contributed by atoms with Gasteiger partial charge in [0.1, 0.15) is 5.75 Å². The molecule has 2 aromatic heterocycles. The van der Waals surface area contributed by atoms with Crippen molar-refractivity contribution in [1.29, 1.82) is 0 Å². The Morgan fingerprint density at radius 2 is 1.97 bits per heavy atom. The first kappa shape index (κ1) is 16.9. The summed E-state index contributed by atoms with van der Waals surface area (Å²) in [5.74, 6) is 0.384. The molecule has 2 heterocycles. The van der Waals surface area contributed by atoms with Crippen LogP contribution in [0.2, 0.25) is 0 Å². The third kappa shape index (κ3) is 3.06. The van der Waals surface area contributed by atoms with Gasteiger partial charge in [-0.3, -0.25) is 4.79 Å². The number of rotatable bonds is 4. The van der Waals surface area contributed by atoms with Crippen LogP contribution in [0.5, 0.6) is 5.75 Å². The van der Waals surface area contributed by atoms with E-state index in [2.05, 4.69) is 30.9 Å². The van der Waals surface area contributed by atoms with Crippen LogP contribution >= 0.6 is 0 Å². The quantitative estimate of drug-likeness (QED) is 0.379. The summed E-state index contributed by atoms with van der Waals surface area (Å²) >= 11 is 0. The van der Waals surface area contributed by atoms with E-state index in [4.69, 9.17) is 0 Å². The van der Waals surface area contributed by atoms with Gasteiger partial charge in [-0.1, -0.05) is 29.5 Å². The van der Waals surface area contributed by atoms with Crippen LogP contribution in [0, 0.1) is 0 Å². The van der Waals surface area contributed by atoms with Crippen LogP contribution in [0.25, 0.3) is 21.7 Å². The lowest BCUT2D eigenvalue weighted by molar-refractivity contribution is 0.102. The van der Waals surface area contributed by atoms with Crippen molar-refractivity contribution in [3.05, 3.63) is 77.7 Å². The topological polar surface area (TPSA) is 120 Å². The van der Waals surface area contributed by atoms with Gasteiger partial charge < -0.3 is 15.4 Å². The second-order valence-corrected chi connectivity index (χ2v) is 6.71. The SMILES string of the molecule is O=C(Nc1ccc2[nH]cc(Cc3nn[nH]n3)c2c1)c1cccc2cccc(O)c12. The summed E-state index contributed by atoms with van der Waals surface area (Å²) in [7, 11) is 0. The third-order valence-electron chi connectivity index (χ3n) is 4.89. The number of aromatic hydroxyl groups is 1. The van der Waals surface area contributed by atoms with Crippen LogP contribution in [0.1, 0.15) is 21.7 Å². The Kier molecular flexibility index (Phi) is 3.94. The zero-order chi connectivity index (χ0) is 19.8. The number of anilines is 1. The van der Waals surface area contributed by atoms with Crippen molar-refractivity contribution in [2.75, 3.05) is 5.32 Å². The number of phenolic OH excluding ortho intramolecular Hbond substituents is 1. The second-order valence-electron chi connectivity index (χ2n) is 6.71. The van der Waals surface area contributed by atoms with Gasteiger partial charge in [-0.15, -0.1) is 10.2 Å². The molecule has 0 saturated heterocycles. The Morgan fingerprint density at radius 1 is 1.10 bits per heavy atom. The van der Waals surface area contributed by atoms with Crippen LogP contribution < -0.4 is 5.32 Å². The number of nitrogens with zero attached hydrogens (tertiary/aromatic N) is 3. The number of fused-ring (bicyclic) bond motifs is 2. The molecule has 0 atom stereocenters. The minimum atomic E-state index is -0.285. The number of aromatic amines is 2. The van der Waals surface area contributed by atoms with Gasteiger partial charge in [0.15, 0.2) is 5.82 Å². The van der Waals surface area contributed by atoms with Gasteiger partial charge in [0, 0.05) is 34.6 Å². The van der Waals surface area contributed by atoms with Crippen LogP contribution in [0.4, 0.5) is 5.69 Å². The van der Waals surface area contributed by atoms with E-state index in [0.29, 0.717) is 28.9 Å². The molecule has 0 spiro atoms. The van der Waals surface area contributed by atoms with E-state index in [9.17, 15) is 9.90 Å². The maximum Gasteiger partial charge on any atom is 0.256 e. The Hall–Kier alpha value is -4.20. The summed E-state index contributed by atoms with van der Waals surface area (Å²) in [4.78, 5) is 16.1. The zero-order valence-electron chi connectivity index (χ0n) is 15.2. The Labute approximate surface area is 164 Å². The Morgan fingerprint density at radius 3 is 2.79 bits per heavy atom. The van der Waals surface area contributed by atoms with Crippen LogP contribution in [-0.2, 0) is 6.42 Å². The van der Waals surface area contributed by atoms with Crippen molar-refractivity contribution in [1.82, 2.24) is 25.6 Å². The molecule has 0 aliphatic heterocycles. The molecule has 0 unspecified atom stereocenters. The van der Waals surface area contributed by atoms with Gasteiger partial charge in [0.25, 0.3) is 5.91 Å². The number of phenols is 1. The van der Waals surface area contributed by atoms with Crippen LogP contribution in [0.15, 0.2) is 60.8 Å². The molecule has 0 aliphatic rings. The molecule has 29 heavy (non-hydrogen) atoms. The fourth-order valence-electron chi connectivity index (χ4n) is 3.54. The Bertz CT molecular complexity index is 1340. The molecule has 142 valence electrons. The van der Waals surface area contributed by atoms with Gasteiger partial charge in [-0.05, 0) is 41.3 Å². The molecule has 4 N–H and O–H groups in total. The van der Waals surface area contributed by atoms with E-state index in [1.54, 1.807) is 24.3 Å². The lowest BCUT2D eigenvalue weighted by Gasteiger charge is -2.10. The van der Waals surface area contributed by atoms with Gasteiger partial charge in [0.05, 0.1) is 5.56 Å². The minimum Gasteiger partial charge on any atom is -0.507 e. The number of aromatic nitrogens is 5. The molecule has 5 rings (SSSR count). The number of amides is 1. The number of carbonyl (C=O) groups excluding carboxylic acids is 1. The number of tetrazole rings is 1. The molecule has 0 aliphatic carbocycles. The van der Waals surface area contributed by atoms with Gasteiger partial charge >= 0.3 is 0 Å². The normalized spacial score (nSPS) is 11.2. The number of hydrogen-bond acceptors (Lipinski definition) is 5. The summed E-state index contributed by atoms with van der Waals surface area (Å²) in [6, 6.07) is 16.2. The molecule has 0 fully saturated rings. The summed E-state index contributed by atoms with van der Waals surface area (Å²) in [5.41, 5.74) is 3.02. The van der Waals surface area contributed by atoms with E-state index in [1.807, 2.05) is 36.5 Å². The first-order valence-corrected chi connectivity index (χ1v) is 9.03. The lowest BCUT2D eigenvalue weighted by atomic mass is 10.0. The lowest BCUT2D eigenvalue weighted by Crippen LogP contribution is -2.12. The van der Waals surface area contributed by atoms with E-state index in [-0.39, 0.29) is 11.7 Å². The molecule has 1 amide bonds. The highest BCUT2D eigenvalue weighted by Gasteiger charge is 2.14. The van der Waals surface area contributed by atoms with Crippen molar-refractivity contribution < 1.29 is 9.90 Å². The third-order valence-corrected chi connectivity index (χ3v) is 4.89. The number of H-pyrrole nitrogens is 2. The standard InChI is InChI=1S/C21H16N6O2/c28-18-6-2-4-12-3-1-5-15(20(12)18)21(29)23-14-7-8-17-16(10-14)13(11-22-17)9-19-24-26-27-25-19/h1-8,10-11,22,28H,9H2,(H,23,29)(H,24,25,26,27). The molecule has 0 bridgehead atoms. The molecule has 0 saturated carbocycles. The highest BCUT2D eigenvalue weighted by Crippen LogP contribution is 2.29. The number of carbonyl (C=O) groups is 1. The first-order valence-electron chi connectivity index (χ1n) is 9.03. The molecule has 5 aromatic rings. The fraction of sp³-hybridized carbons (Fsp3) is 0.0476. The average Bonchev–Trinajstić information content (AvgIpc) is 3.38. The molecule has 8 nitrogen and oxygen atoms in total. The van der Waals surface area contributed by atoms with E-state index in [0.717, 1.165) is 21.9 Å². The minimum absolute atomic E-state index is 0.0803. The number of nitrogens with one attached hydrogen (secondary N) is 3. The molecular weight excluding hydrogens is 368 g/mol. The summed E-state index contributed by atoms with van der Waals surface area (Å²) < 4.78 is 0. The predicted molar refractivity (Wildman–Crippen MR) is 109 cm³/mol. The number of hydrogen-bond donors (Lipinski definition) is 4. The van der Waals surface area contributed by atoms with Crippen molar-refractivity contribution in [3.8, 4) is 5.75 Å². The van der Waals surface area contributed by atoms with E-state index in [1.165, 1.54) is 0 Å². The predicted octanol–water partition coefficient (Wildman–Crippen LogP) is 3.38. The van der Waals surface area contributed by atoms with Crippen molar-refractivity contribution >= 4 is 33.3 Å². The molecule has 3 aromatic carbocycles. The summed E-state index contributed by atoms with van der Waals surface area (Å²) in [5, 5.41) is 29.5. The Balaban J connectivity index is 1.48. The largest absolute Gasteiger partial charge is 0.507 e. The maximum absolute atomic E-state index is 12.9. The van der Waals surface area contributed by atoms with Crippen molar-refractivity contribution in [2.45, 2.75) is 6.42 Å². The molecule has 0 radical (unpaired) electrons.